The van der Waals surface area contributed by atoms with Gasteiger partial charge in [-0.25, -0.2) is 4.98 Å². The van der Waals surface area contributed by atoms with Gasteiger partial charge in [0.25, 0.3) is 0 Å². The second kappa shape index (κ2) is 7.82. The van der Waals surface area contributed by atoms with Gasteiger partial charge in [0.15, 0.2) is 0 Å². The Balaban J connectivity index is 1.71. The molecule has 0 bridgehead atoms. The lowest BCUT2D eigenvalue weighted by Crippen LogP contribution is -2.38. The number of carboxylic acid groups (broad SMARTS) is 1. The van der Waals surface area contributed by atoms with Gasteiger partial charge in [0.05, 0.1) is 30.3 Å². The van der Waals surface area contributed by atoms with Crippen molar-refractivity contribution < 1.29 is 19.4 Å². The Hall–Kier alpha value is -3.61. The highest BCUT2D eigenvalue weighted by Gasteiger charge is 2.37. The van der Waals surface area contributed by atoms with Crippen LogP contribution in [0.15, 0.2) is 42.6 Å². The van der Waals surface area contributed by atoms with Crippen LogP contribution in [0.5, 0.6) is 11.6 Å². The van der Waals surface area contributed by atoms with Crippen LogP contribution < -0.4 is 9.47 Å². The van der Waals surface area contributed by atoms with Gasteiger partial charge >= 0.3 is 5.97 Å². The fourth-order valence-corrected chi connectivity index (χ4v) is 4.41. The number of aromatic nitrogens is 3. The molecule has 2 aromatic heterocycles. The van der Waals surface area contributed by atoms with Crippen LogP contribution in [-0.2, 0) is 4.79 Å². The lowest BCUT2D eigenvalue weighted by molar-refractivity contribution is -0.148. The lowest BCUT2D eigenvalue weighted by atomic mass is 9.82. The van der Waals surface area contributed by atoms with Crippen LogP contribution >= 0.6 is 0 Å². The number of hydrogen-bond acceptors (Lipinski definition) is 5. The molecule has 2 heterocycles. The summed E-state index contributed by atoms with van der Waals surface area (Å²) in [5.74, 6) is 0.413. The van der Waals surface area contributed by atoms with E-state index in [1.165, 1.54) is 0 Å². The summed E-state index contributed by atoms with van der Waals surface area (Å²) in [4.78, 5) is 16.1. The number of methoxy groups -OCH3 is 1. The lowest BCUT2D eigenvalue weighted by Gasteiger charge is -2.33. The van der Waals surface area contributed by atoms with Gasteiger partial charge in [0.1, 0.15) is 11.9 Å². The van der Waals surface area contributed by atoms with Crippen LogP contribution in [0.25, 0.3) is 32.9 Å². The minimum absolute atomic E-state index is 0.141. The van der Waals surface area contributed by atoms with E-state index in [0.29, 0.717) is 18.7 Å². The van der Waals surface area contributed by atoms with Gasteiger partial charge in [0.2, 0.25) is 5.88 Å². The molecule has 0 atom stereocenters. The molecule has 1 aliphatic carbocycles. The number of H-pyrrole nitrogens is 1. The summed E-state index contributed by atoms with van der Waals surface area (Å²) < 4.78 is 11.7. The summed E-state index contributed by atoms with van der Waals surface area (Å²) in [5, 5.41) is 18.4. The number of carboxylic acids is 1. The van der Waals surface area contributed by atoms with Crippen LogP contribution in [0, 0.1) is 5.92 Å². The number of nitrogens with zero attached hydrogens (tertiary/aromatic N) is 2. The number of nitrogens with one attached hydrogen (secondary N) is 1. The average molecular weight is 431 g/mol. The third kappa shape index (κ3) is 3.43. The Labute approximate surface area is 185 Å². The number of fused-ring (bicyclic) bond motifs is 2. The zero-order valence-electron chi connectivity index (χ0n) is 18.3. The van der Waals surface area contributed by atoms with Crippen molar-refractivity contribution >= 4 is 27.8 Å². The van der Waals surface area contributed by atoms with Gasteiger partial charge in [-0.2, -0.15) is 5.10 Å². The first-order valence-corrected chi connectivity index (χ1v) is 10.8. The van der Waals surface area contributed by atoms with Crippen molar-refractivity contribution in [3.63, 3.8) is 0 Å². The molecule has 1 fully saturated rings. The molecule has 4 aromatic rings. The molecule has 1 aliphatic rings. The predicted octanol–water partition coefficient (Wildman–Crippen LogP) is 5.15. The van der Waals surface area contributed by atoms with Crippen molar-refractivity contribution in [2.45, 2.75) is 38.7 Å². The molecule has 0 unspecified atom stereocenters. The van der Waals surface area contributed by atoms with Crippen LogP contribution in [0.1, 0.15) is 38.2 Å². The third-order valence-corrected chi connectivity index (χ3v) is 6.23. The van der Waals surface area contributed by atoms with Crippen molar-refractivity contribution in [1.29, 1.82) is 0 Å². The number of rotatable bonds is 6. The van der Waals surface area contributed by atoms with E-state index < -0.39 is 5.97 Å². The molecule has 2 N–H and O–H groups in total. The van der Waals surface area contributed by atoms with E-state index in [-0.39, 0.29) is 17.9 Å². The zero-order valence-corrected chi connectivity index (χ0v) is 18.3. The van der Waals surface area contributed by atoms with Crippen LogP contribution in [0.3, 0.4) is 0 Å². The quantitative estimate of drug-likeness (QED) is 0.438. The maximum absolute atomic E-state index is 11.2. The number of benzene rings is 2. The monoisotopic (exact) mass is 431 g/mol. The normalized spacial score (nSPS) is 18.1. The molecule has 0 radical (unpaired) electrons. The van der Waals surface area contributed by atoms with Crippen molar-refractivity contribution in [3.8, 4) is 22.8 Å². The molecule has 0 saturated heterocycles. The Kier molecular flexibility index (Phi) is 4.96. The number of aliphatic carboxylic acids is 1. The molecule has 7 heteroatoms. The van der Waals surface area contributed by atoms with E-state index >= 15 is 0 Å². The second-order valence-corrected chi connectivity index (χ2v) is 8.66. The number of carbonyl (C=O) groups is 1. The predicted molar refractivity (Wildman–Crippen MR) is 122 cm³/mol. The molecule has 1 saturated carbocycles. The van der Waals surface area contributed by atoms with E-state index in [1.807, 2.05) is 36.5 Å². The molecule has 0 aliphatic heterocycles. The smallest absolute Gasteiger partial charge is 0.306 e. The van der Waals surface area contributed by atoms with Gasteiger partial charge in [-0.3, -0.25) is 9.89 Å². The summed E-state index contributed by atoms with van der Waals surface area (Å²) in [6.45, 7) is 4.25. The Morgan fingerprint density at radius 1 is 1.19 bits per heavy atom. The Morgan fingerprint density at radius 3 is 2.59 bits per heavy atom. The first-order chi connectivity index (χ1) is 15.4. The maximum Gasteiger partial charge on any atom is 0.306 e. The fraction of sp³-hybridized carbons (Fsp3) is 0.320. The summed E-state index contributed by atoms with van der Waals surface area (Å²) >= 11 is 0. The molecule has 7 nitrogen and oxygen atoms in total. The minimum Gasteiger partial charge on any atom is -0.497 e. The van der Waals surface area contributed by atoms with Gasteiger partial charge < -0.3 is 14.6 Å². The van der Waals surface area contributed by atoms with Crippen molar-refractivity contribution in [1.82, 2.24) is 15.2 Å². The Morgan fingerprint density at radius 2 is 1.94 bits per heavy atom. The summed E-state index contributed by atoms with van der Waals surface area (Å²) in [7, 11) is 1.65. The van der Waals surface area contributed by atoms with Crippen molar-refractivity contribution in [2.75, 3.05) is 7.11 Å². The first-order valence-electron chi connectivity index (χ1n) is 10.8. The van der Waals surface area contributed by atoms with Gasteiger partial charge in [-0.15, -0.1) is 0 Å². The highest BCUT2D eigenvalue weighted by atomic mass is 16.5. The minimum atomic E-state index is -0.763. The van der Waals surface area contributed by atoms with Gasteiger partial charge in [0, 0.05) is 16.3 Å². The average Bonchev–Trinajstić information content (AvgIpc) is 3.20. The molecule has 0 amide bonds. The van der Waals surface area contributed by atoms with Crippen LogP contribution in [0.2, 0.25) is 0 Å². The number of aromatic amines is 1. The van der Waals surface area contributed by atoms with E-state index in [9.17, 15) is 9.90 Å². The zero-order chi connectivity index (χ0) is 22.4. The highest BCUT2D eigenvalue weighted by Crippen LogP contribution is 2.43. The summed E-state index contributed by atoms with van der Waals surface area (Å²) in [6.07, 6.45) is 2.68. The molecular weight excluding hydrogens is 406 g/mol. The molecule has 0 spiro atoms. The van der Waals surface area contributed by atoms with Crippen LogP contribution in [-0.4, -0.2) is 39.5 Å². The van der Waals surface area contributed by atoms with Crippen LogP contribution in [0.4, 0.5) is 0 Å². The van der Waals surface area contributed by atoms with Gasteiger partial charge in [-0.1, -0.05) is 26.0 Å². The van der Waals surface area contributed by atoms with E-state index in [2.05, 4.69) is 30.1 Å². The molecule has 164 valence electrons. The number of hydrogen-bond donors (Lipinski definition) is 2. The van der Waals surface area contributed by atoms with Crippen molar-refractivity contribution in [3.05, 3.63) is 48.2 Å². The largest absolute Gasteiger partial charge is 0.497 e. The summed E-state index contributed by atoms with van der Waals surface area (Å²) in [5.41, 5.74) is 4.85. The van der Waals surface area contributed by atoms with E-state index in [4.69, 9.17) is 14.5 Å². The molecule has 5 rings (SSSR count). The molecule has 32 heavy (non-hydrogen) atoms. The molecular formula is C25H25N3O4. The number of pyridine rings is 1. The molecule has 2 aromatic carbocycles. The topological polar surface area (TPSA) is 97.3 Å². The number of ether oxygens (including phenoxy) is 2. The SMILES string of the molecule is COc1ccc(-c2c(C(C)C)c(O[C@H]3C[C@@H](C(=O)O)C3)nc3cc4[nH]ncc4cc23)cc1. The second-order valence-electron chi connectivity index (χ2n) is 8.66. The Bertz CT molecular complexity index is 1300. The van der Waals surface area contributed by atoms with E-state index in [0.717, 1.165) is 44.2 Å². The third-order valence-electron chi connectivity index (χ3n) is 6.23. The maximum atomic E-state index is 11.2. The highest BCUT2D eigenvalue weighted by molar-refractivity contribution is 6.04. The van der Waals surface area contributed by atoms with E-state index in [1.54, 1.807) is 7.11 Å². The first kappa shape index (κ1) is 20.3. The summed E-state index contributed by atoms with van der Waals surface area (Å²) in [6, 6.07) is 12.1. The standard InChI is InChI=1S/C25H25N3O4/c1-13(2)22-23(14-4-6-17(31-3)7-5-14)19-10-16-12-26-28-20(16)11-21(19)27-24(22)32-18-8-15(9-18)25(29)30/h4-7,10-13,15,18H,8-9H2,1-3H3,(H,26,28)(H,29,30)/t15-,18+. The fourth-order valence-electron chi connectivity index (χ4n) is 4.41. The van der Waals surface area contributed by atoms with Crippen molar-refractivity contribution in [2.24, 2.45) is 5.92 Å². The van der Waals surface area contributed by atoms with Gasteiger partial charge in [-0.05, 0) is 54.2 Å².